The number of fused-ring (bicyclic) bond motifs is 2. The topological polar surface area (TPSA) is 39.7 Å². The predicted octanol–water partition coefficient (Wildman–Crippen LogP) is 5.29. The van der Waals surface area contributed by atoms with E-state index in [9.17, 15) is 4.79 Å². The molecule has 1 saturated carbocycles. The molecule has 1 amide bonds. The lowest BCUT2D eigenvalue weighted by Gasteiger charge is -2.43. The standard InChI is InChI=1S/C30H36N4O/c35-30(24-8-2-1-3-9-24)34-27(13-12-23-7-4-5-11-29(23)34)22-32-17-19-33(20-18-32)26-14-15-28-25(21-26)10-6-16-31-28/h4-7,10-11,14-16,21,24,27H,1-3,8-9,12-13,17-20,22H2. The maximum absolute atomic E-state index is 13.8. The Balaban J connectivity index is 1.15. The quantitative estimate of drug-likeness (QED) is 0.522. The Hall–Kier alpha value is -2.92. The molecule has 2 aromatic carbocycles. The second-order valence-corrected chi connectivity index (χ2v) is 10.5. The van der Waals surface area contributed by atoms with Gasteiger partial charge in [-0.05, 0) is 61.6 Å². The average Bonchev–Trinajstić information content (AvgIpc) is 2.93. The molecule has 3 aliphatic rings. The van der Waals surface area contributed by atoms with Crippen LogP contribution in [-0.4, -0.2) is 54.6 Å². The highest BCUT2D eigenvalue weighted by atomic mass is 16.2. The van der Waals surface area contributed by atoms with Crippen molar-refractivity contribution in [1.29, 1.82) is 0 Å². The molecule has 5 nitrogen and oxygen atoms in total. The van der Waals surface area contributed by atoms with Gasteiger partial charge in [0.25, 0.3) is 0 Å². The van der Waals surface area contributed by atoms with Gasteiger partial charge in [0.05, 0.1) is 5.52 Å². The number of amides is 1. The first-order valence-electron chi connectivity index (χ1n) is 13.5. The monoisotopic (exact) mass is 468 g/mol. The van der Waals surface area contributed by atoms with Crippen molar-refractivity contribution in [2.24, 2.45) is 5.92 Å². The largest absolute Gasteiger partial charge is 0.369 e. The van der Waals surface area contributed by atoms with Crippen LogP contribution in [0.1, 0.15) is 44.1 Å². The zero-order valence-corrected chi connectivity index (χ0v) is 20.6. The van der Waals surface area contributed by atoms with Crippen molar-refractivity contribution < 1.29 is 4.79 Å². The van der Waals surface area contributed by atoms with Crippen LogP contribution in [0.25, 0.3) is 10.9 Å². The number of anilines is 2. The van der Waals surface area contributed by atoms with Crippen LogP contribution in [0.5, 0.6) is 0 Å². The van der Waals surface area contributed by atoms with Crippen LogP contribution < -0.4 is 9.80 Å². The number of aryl methyl sites for hydroxylation is 1. The summed E-state index contributed by atoms with van der Waals surface area (Å²) in [4.78, 5) is 25.6. The summed E-state index contributed by atoms with van der Waals surface area (Å²) in [7, 11) is 0. The van der Waals surface area contributed by atoms with Crippen molar-refractivity contribution in [3.8, 4) is 0 Å². The van der Waals surface area contributed by atoms with E-state index in [0.717, 1.165) is 63.9 Å². The molecule has 1 aromatic heterocycles. The first-order valence-corrected chi connectivity index (χ1v) is 13.5. The van der Waals surface area contributed by atoms with E-state index in [-0.39, 0.29) is 12.0 Å². The van der Waals surface area contributed by atoms with Gasteiger partial charge in [0.1, 0.15) is 0 Å². The van der Waals surface area contributed by atoms with Gasteiger partial charge in [-0.25, -0.2) is 0 Å². The minimum atomic E-state index is 0.205. The van der Waals surface area contributed by atoms with Crippen LogP contribution in [0.4, 0.5) is 11.4 Å². The number of nitrogens with zero attached hydrogens (tertiary/aromatic N) is 4. The summed E-state index contributed by atoms with van der Waals surface area (Å²) in [6.07, 6.45) is 9.78. The van der Waals surface area contributed by atoms with Crippen molar-refractivity contribution in [3.63, 3.8) is 0 Å². The molecule has 35 heavy (non-hydrogen) atoms. The molecular weight excluding hydrogens is 432 g/mol. The first-order chi connectivity index (χ1) is 17.3. The van der Waals surface area contributed by atoms with Gasteiger partial charge in [-0.2, -0.15) is 0 Å². The molecule has 3 aromatic rings. The molecule has 0 bridgehead atoms. The van der Waals surface area contributed by atoms with Gasteiger partial charge in [-0.15, -0.1) is 0 Å². The zero-order valence-electron chi connectivity index (χ0n) is 20.6. The molecular formula is C30H36N4O. The molecule has 0 radical (unpaired) electrons. The highest BCUT2D eigenvalue weighted by molar-refractivity contribution is 5.97. The lowest BCUT2D eigenvalue weighted by atomic mass is 9.86. The van der Waals surface area contributed by atoms with Gasteiger partial charge in [-0.3, -0.25) is 14.7 Å². The fraction of sp³-hybridized carbons (Fsp3) is 0.467. The third kappa shape index (κ3) is 4.66. The van der Waals surface area contributed by atoms with Crippen LogP contribution in [0.3, 0.4) is 0 Å². The number of piperazine rings is 1. The zero-order chi connectivity index (χ0) is 23.6. The summed E-state index contributed by atoms with van der Waals surface area (Å²) in [5.74, 6) is 0.585. The Morgan fingerprint density at radius 2 is 1.71 bits per heavy atom. The van der Waals surface area contributed by atoms with Crippen molar-refractivity contribution in [2.45, 2.75) is 51.0 Å². The predicted molar refractivity (Wildman–Crippen MR) is 143 cm³/mol. The van der Waals surface area contributed by atoms with Gasteiger partial charge in [0, 0.05) is 67.6 Å². The number of benzene rings is 2. The number of hydrogen-bond acceptors (Lipinski definition) is 4. The summed E-state index contributed by atoms with van der Waals surface area (Å²) < 4.78 is 0. The number of aromatic nitrogens is 1. The fourth-order valence-corrected chi connectivity index (χ4v) is 6.37. The van der Waals surface area contributed by atoms with E-state index in [2.05, 4.69) is 68.2 Å². The van der Waals surface area contributed by atoms with E-state index in [1.165, 1.54) is 41.6 Å². The van der Waals surface area contributed by atoms with Crippen LogP contribution in [0.2, 0.25) is 0 Å². The fourth-order valence-electron chi connectivity index (χ4n) is 6.37. The van der Waals surface area contributed by atoms with Crippen LogP contribution >= 0.6 is 0 Å². The van der Waals surface area contributed by atoms with Gasteiger partial charge in [-0.1, -0.05) is 43.5 Å². The minimum absolute atomic E-state index is 0.205. The molecule has 1 unspecified atom stereocenters. The Labute approximate surface area is 208 Å². The molecule has 5 heteroatoms. The summed E-state index contributed by atoms with van der Waals surface area (Å²) in [6.45, 7) is 5.09. The van der Waals surface area contributed by atoms with Crippen molar-refractivity contribution >= 4 is 28.2 Å². The van der Waals surface area contributed by atoms with Crippen molar-refractivity contribution in [1.82, 2.24) is 9.88 Å². The van der Waals surface area contributed by atoms with Crippen LogP contribution in [0, 0.1) is 5.92 Å². The molecule has 1 aliphatic carbocycles. The maximum atomic E-state index is 13.8. The second kappa shape index (κ2) is 9.98. The summed E-state index contributed by atoms with van der Waals surface area (Å²) in [5.41, 5.74) is 4.84. The Morgan fingerprint density at radius 3 is 2.57 bits per heavy atom. The normalized spacial score (nSPS) is 21.8. The molecule has 0 N–H and O–H groups in total. The number of para-hydroxylation sites is 1. The molecule has 6 rings (SSSR count). The number of carbonyl (C=O) groups excluding carboxylic acids is 1. The van der Waals surface area contributed by atoms with Crippen LogP contribution in [0.15, 0.2) is 60.8 Å². The molecule has 3 heterocycles. The smallest absolute Gasteiger partial charge is 0.230 e. The van der Waals surface area contributed by atoms with E-state index in [1.54, 1.807) is 0 Å². The highest BCUT2D eigenvalue weighted by Gasteiger charge is 2.36. The Kier molecular flexibility index (Phi) is 6.43. The first kappa shape index (κ1) is 22.5. The minimum Gasteiger partial charge on any atom is -0.369 e. The van der Waals surface area contributed by atoms with E-state index in [0.29, 0.717) is 5.91 Å². The number of rotatable bonds is 4. The van der Waals surface area contributed by atoms with Crippen molar-refractivity contribution in [3.05, 3.63) is 66.4 Å². The second-order valence-electron chi connectivity index (χ2n) is 10.5. The summed E-state index contributed by atoms with van der Waals surface area (Å²) in [5, 5.41) is 1.20. The molecule has 1 saturated heterocycles. The number of carbonyl (C=O) groups is 1. The van der Waals surface area contributed by atoms with E-state index in [1.807, 2.05) is 12.3 Å². The third-order valence-electron chi connectivity index (χ3n) is 8.35. The summed E-state index contributed by atoms with van der Waals surface area (Å²) >= 11 is 0. The number of hydrogen-bond donors (Lipinski definition) is 0. The van der Waals surface area contributed by atoms with Crippen molar-refractivity contribution in [2.75, 3.05) is 42.5 Å². The SMILES string of the molecule is O=C(C1CCCCC1)N1c2ccccc2CCC1CN1CCN(c2ccc3ncccc3c2)CC1. The maximum Gasteiger partial charge on any atom is 0.230 e. The molecule has 1 atom stereocenters. The highest BCUT2D eigenvalue weighted by Crippen LogP contribution is 2.35. The molecule has 2 aliphatic heterocycles. The van der Waals surface area contributed by atoms with E-state index < -0.39 is 0 Å². The van der Waals surface area contributed by atoms with Gasteiger partial charge in [0.2, 0.25) is 5.91 Å². The Bertz CT molecular complexity index is 1180. The molecule has 182 valence electrons. The Morgan fingerprint density at radius 1 is 0.886 bits per heavy atom. The molecule has 2 fully saturated rings. The van der Waals surface area contributed by atoms with Crippen LogP contribution in [-0.2, 0) is 11.2 Å². The van der Waals surface area contributed by atoms with Gasteiger partial charge >= 0.3 is 0 Å². The van der Waals surface area contributed by atoms with E-state index >= 15 is 0 Å². The molecule has 0 spiro atoms. The van der Waals surface area contributed by atoms with Gasteiger partial charge in [0.15, 0.2) is 0 Å². The van der Waals surface area contributed by atoms with Gasteiger partial charge < -0.3 is 9.80 Å². The van der Waals surface area contributed by atoms with E-state index in [4.69, 9.17) is 0 Å². The third-order valence-corrected chi connectivity index (χ3v) is 8.35. The number of pyridine rings is 1. The lowest BCUT2D eigenvalue weighted by molar-refractivity contribution is -0.124. The lowest BCUT2D eigenvalue weighted by Crippen LogP contribution is -2.55. The average molecular weight is 469 g/mol. The summed E-state index contributed by atoms with van der Waals surface area (Å²) in [6, 6.07) is 19.6.